The second-order valence-electron chi connectivity index (χ2n) is 7.80. The third-order valence-corrected chi connectivity index (χ3v) is 6.93. The quantitative estimate of drug-likeness (QED) is 0.325. The molecule has 1 N–H and O–H groups in total. The first-order chi connectivity index (χ1) is 16.8. The summed E-state index contributed by atoms with van der Waals surface area (Å²) < 4.78 is 39.3. The number of carbonyl (C=O) groups is 1. The molecule has 0 aromatic heterocycles. The van der Waals surface area contributed by atoms with E-state index in [9.17, 15) is 13.2 Å². The average Bonchev–Trinajstić information content (AvgIpc) is 3.27. The molecule has 2 aromatic rings. The number of aryl methyl sites for hydroxylation is 1. The molecule has 11 heteroatoms. The third kappa shape index (κ3) is 5.80. The summed E-state index contributed by atoms with van der Waals surface area (Å²) in [4.78, 5) is 17.4. The van der Waals surface area contributed by atoms with Crippen molar-refractivity contribution in [1.82, 2.24) is 4.90 Å². The zero-order chi connectivity index (χ0) is 25.0. The standard InChI is InChI=1S/C24H24N4O5S2/c1-3-16-5-9-18(10-6-16)32-13-4-14-33-19-11-7-17(8-12-19)15-20-21(25)28-23(26-22(20)29)34-27-24(28)35(2,30)31/h5-12,15,25H,3-4,13-14H2,1-2H3/b20-15-,25-21?. The summed E-state index contributed by atoms with van der Waals surface area (Å²) in [6.07, 6.45) is 4.20. The lowest BCUT2D eigenvalue weighted by molar-refractivity contribution is -0.114. The van der Waals surface area contributed by atoms with Crippen LogP contribution in [0.2, 0.25) is 0 Å². The highest BCUT2D eigenvalue weighted by atomic mass is 32.2. The summed E-state index contributed by atoms with van der Waals surface area (Å²) in [6.45, 7) is 3.13. The molecule has 0 unspecified atom stereocenters. The van der Waals surface area contributed by atoms with Crippen molar-refractivity contribution in [3.05, 3.63) is 65.2 Å². The first-order valence-electron chi connectivity index (χ1n) is 10.9. The van der Waals surface area contributed by atoms with Crippen LogP contribution in [0.5, 0.6) is 11.5 Å². The van der Waals surface area contributed by atoms with Gasteiger partial charge in [-0.25, -0.2) is 13.3 Å². The van der Waals surface area contributed by atoms with Gasteiger partial charge in [-0.05, 0) is 47.9 Å². The largest absolute Gasteiger partial charge is 0.493 e. The Hall–Kier alpha value is -3.44. The number of benzene rings is 2. The van der Waals surface area contributed by atoms with E-state index in [1.807, 2.05) is 12.1 Å². The van der Waals surface area contributed by atoms with Gasteiger partial charge in [-0.1, -0.05) is 31.2 Å². The zero-order valence-corrected chi connectivity index (χ0v) is 20.9. The van der Waals surface area contributed by atoms with Crippen LogP contribution >= 0.6 is 11.9 Å². The number of hydrogen-bond donors (Lipinski definition) is 1. The number of nitrogens with one attached hydrogen (secondary N) is 1. The molecule has 0 radical (unpaired) electrons. The first kappa shape index (κ1) is 24.7. The second-order valence-corrected chi connectivity index (χ2v) is 10.4. The van der Waals surface area contributed by atoms with E-state index in [2.05, 4.69) is 28.4 Å². The molecule has 2 aromatic carbocycles. The Kier molecular flexibility index (Phi) is 7.37. The average molecular weight is 513 g/mol. The van der Waals surface area contributed by atoms with Gasteiger partial charge in [-0.2, -0.15) is 9.39 Å². The Balaban J connectivity index is 1.33. The number of fused-ring (bicyclic) bond motifs is 1. The lowest BCUT2D eigenvalue weighted by Gasteiger charge is -2.23. The maximum atomic E-state index is 12.4. The molecule has 0 atom stereocenters. The number of nitrogens with zero attached hydrogens (tertiary/aromatic N) is 3. The Bertz CT molecular complexity index is 1330. The second kappa shape index (κ2) is 10.4. The zero-order valence-electron chi connectivity index (χ0n) is 19.2. The van der Waals surface area contributed by atoms with Gasteiger partial charge in [0.2, 0.25) is 20.2 Å². The van der Waals surface area contributed by atoms with E-state index in [4.69, 9.17) is 14.9 Å². The molecule has 0 fully saturated rings. The fraction of sp³-hybridized carbons (Fsp3) is 0.250. The first-order valence-corrected chi connectivity index (χ1v) is 13.6. The van der Waals surface area contributed by atoms with Gasteiger partial charge >= 0.3 is 0 Å². The maximum Gasteiger partial charge on any atom is 0.283 e. The van der Waals surface area contributed by atoms with Crippen LogP contribution < -0.4 is 9.47 Å². The molecule has 2 aliphatic heterocycles. The van der Waals surface area contributed by atoms with Gasteiger partial charge in [-0.3, -0.25) is 10.2 Å². The Labute approximate surface area is 208 Å². The number of carbonyl (C=O) groups excluding carboxylic acids is 1. The Morgan fingerprint density at radius 2 is 1.63 bits per heavy atom. The number of ether oxygens (including phenoxy) is 2. The van der Waals surface area contributed by atoms with E-state index in [1.54, 1.807) is 24.3 Å². The minimum Gasteiger partial charge on any atom is -0.493 e. The van der Waals surface area contributed by atoms with Crippen LogP contribution in [0.4, 0.5) is 0 Å². The van der Waals surface area contributed by atoms with Gasteiger partial charge in [0.05, 0.1) is 30.7 Å². The highest BCUT2D eigenvalue weighted by molar-refractivity contribution is 8.16. The molecule has 0 spiro atoms. The van der Waals surface area contributed by atoms with Crippen LogP contribution in [0.3, 0.4) is 0 Å². The van der Waals surface area contributed by atoms with E-state index >= 15 is 0 Å². The Morgan fingerprint density at radius 1 is 1.03 bits per heavy atom. The summed E-state index contributed by atoms with van der Waals surface area (Å²) in [5, 5.41) is 8.13. The number of hydrogen-bond acceptors (Lipinski definition) is 8. The van der Waals surface area contributed by atoms with Crippen molar-refractivity contribution in [2.75, 3.05) is 19.5 Å². The van der Waals surface area contributed by atoms with Crippen LogP contribution in [-0.4, -0.2) is 54.9 Å². The lowest BCUT2D eigenvalue weighted by Crippen LogP contribution is -2.45. The van der Waals surface area contributed by atoms with Gasteiger partial charge in [0.1, 0.15) is 17.3 Å². The molecule has 4 rings (SSSR count). The normalized spacial score (nSPS) is 16.7. The fourth-order valence-corrected chi connectivity index (χ4v) is 5.17. The number of rotatable bonds is 8. The van der Waals surface area contributed by atoms with Crippen molar-refractivity contribution in [2.45, 2.75) is 19.8 Å². The van der Waals surface area contributed by atoms with Crippen molar-refractivity contribution in [2.24, 2.45) is 9.39 Å². The predicted octanol–water partition coefficient (Wildman–Crippen LogP) is 3.72. The van der Waals surface area contributed by atoms with E-state index in [0.29, 0.717) is 30.9 Å². The molecule has 0 bridgehead atoms. The minimum atomic E-state index is -3.69. The third-order valence-electron chi connectivity index (χ3n) is 5.17. The summed E-state index contributed by atoms with van der Waals surface area (Å²) in [5.41, 5.74) is 1.89. The van der Waals surface area contributed by atoms with Crippen LogP contribution in [0, 0.1) is 5.41 Å². The van der Waals surface area contributed by atoms with Gasteiger partial charge in [0.15, 0.2) is 0 Å². The van der Waals surface area contributed by atoms with Crippen LogP contribution in [0.1, 0.15) is 24.5 Å². The van der Waals surface area contributed by atoms with Gasteiger partial charge in [0.25, 0.3) is 5.91 Å². The smallest absolute Gasteiger partial charge is 0.283 e. The summed E-state index contributed by atoms with van der Waals surface area (Å²) >= 11 is 0.760. The molecule has 2 aliphatic rings. The molecule has 1 amide bonds. The number of aliphatic imine (C=N–C) groups is 1. The van der Waals surface area contributed by atoms with Gasteiger partial charge < -0.3 is 9.47 Å². The molecule has 0 saturated carbocycles. The minimum absolute atomic E-state index is 0.0228. The van der Waals surface area contributed by atoms with Crippen molar-refractivity contribution in [3.8, 4) is 11.5 Å². The topological polar surface area (TPSA) is 121 Å². The molecule has 35 heavy (non-hydrogen) atoms. The van der Waals surface area contributed by atoms with Gasteiger partial charge in [0, 0.05) is 12.7 Å². The highest BCUT2D eigenvalue weighted by Gasteiger charge is 2.41. The van der Waals surface area contributed by atoms with E-state index in [0.717, 1.165) is 35.3 Å². The predicted molar refractivity (Wildman–Crippen MR) is 138 cm³/mol. The summed E-state index contributed by atoms with van der Waals surface area (Å²) in [5.74, 6) is 0.593. The SMILES string of the molecule is CCc1ccc(OCCCOc2ccc(/C=C3/C(=N)N4C(=NC3=O)SN=C4S(C)(=O)=O)cc2)cc1. The maximum absolute atomic E-state index is 12.4. The van der Waals surface area contributed by atoms with Crippen LogP contribution in [-0.2, 0) is 21.1 Å². The lowest BCUT2D eigenvalue weighted by atomic mass is 10.1. The fourth-order valence-electron chi connectivity index (χ4n) is 3.32. The molecule has 182 valence electrons. The van der Waals surface area contributed by atoms with E-state index in [-0.39, 0.29) is 21.7 Å². The summed E-state index contributed by atoms with van der Waals surface area (Å²) in [7, 11) is -3.69. The van der Waals surface area contributed by atoms with Crippen molar-refractivity contribution >= 4 is 49.9 Å². The van der Waals surface area contributed by atoms with Crippen molar-refractivity contribution in [1.29, 1.82) is 5.41 Å². The number of amidine groups is 3. The molecule has 2 heterocycles. The van der Waals surface area contributed by atoms with Crippen LogP contribution in [0.25, 0.3) is 6.08 Å². The van der Waals surface area contributed by atoms with Crippen LogP contribution in [0.15, 0.2) is 63.5 Å². The molecular weight excluding hydrogens is 488 g/mol. The number of sulfone groups is 1. The molecule has 0 saturated heterocycles. The molecule has 9 nitrogen and oxygen atoms in total. The molecular formula is C24H24N4O5S2. The van der Waals surface area contributed by atoms with E-state index < -0.39 is 15.7 Å². The monoisotopic (exact) mass is 512 g/mol. The molecule has 0 aliphatic carbocycles. The van der Waals surface area contributed by atoms with Crippen molar-refractivity contribution < 1.29 is 22.7 Å². The summed E-state index contributed by atoms with van der Waals surface area (Å²) in [6, 6.07) is 15.1. The Morgan fingerprint density at radius 3 is 2.20 bits per heavy atom. The highest BCUT2D eigenvalue weighted by Crippen LogP contribution is 2.29. The van der Waals surface area contributed by atoms with Gasteiger partial charge in [-0.15, -0.1) is 0 Å². The van der Waals surface area contributed by atoms with Crippen molar-refractivity contribution in [3.63, 3.8) is 0 Å². The number of amides is 1. The van der Waals surface area contributed by atoms with E-state index in [1.165, 1.54) is 11.6 Å².